The summed E-state index contributed by atoms with van der Waals surface area (Å²) < 4.78 is 5.60. The Balaban J connectivity index is 2.16. The first-order chi connectivity index (χ1) is 6.42. The lowest BCUT2D eigenvalue weighted by Crippen LogP contribution is -2.29. The third-order valence-electron chi connectivity index (χ3n) is 2.43. The molecule has 0 radical (unpaired) electrons. The second-order valence-corrected chi connectivity index (χ2v) is 3.26. The van der Waals surface area contributed by atoms with Gasteiger partial charge in [0.15, 0.2) is 0 Å². The van der Waals surface area contributed by atoms with Gasteiger partial charge in [-0.1, -0.05) is 25.1 Å². The fourth-order valence-corrected chi connectivity index (χ4v) is 1.77. The summed E-state index contributed by atoms with van der Waals surface area (Å²) in [7, 11) is 0. The summed E-state index contributed by atoms with van der Waals surface area (Å²) >= 11 is 0. The van der Waals surface area contributed by atoms with E-state index in [1.807, 2.05) is 6.07 Å². The van der Waals surface area contributed by atoms with E-state index in [2.05, 4.69) is 36.1 Å². The van der Waals surface area contributed by atoms with Crippen molar-refractivity contribution in [3.05, 3.63) is 30.3 Å². The lowest BCUT2D eigenvalue weighted by Gasteiger charge is -2.23. The van der Waals surface area contributed by atoms with Gasteiger partial charge in [0.25, 0.3) is 0 Å². The van der Waals surface area contributed by atoms with E-state index in [1.165, 1.54) is 5.69 Å². The van der Waals surface area contributed by atoms with E-state index >= 15 is 0 Å². The van der Waals surface area contributed by atoms with Gasteiger partial charge in [-0.3, -0.25) is 0 Å². The number of para-hydroxylation sites is 1. The molecule has 13 heavy (non-hydrogen) atoms. The van der Waals surface area contributed by atoms with Crippen LogP contribution in [-0.4, -0.2) is 19.4 Å². The van der Waals surface area contributed by atoms with Gasteiger partial charge in [0.1, 0.15) is 6.23 Å². The molecule has 1 aromatic rings. The highest BCUT2D eigenvalue weighted by molar-refractivity contribution is 5.47. The number of anilines is 1. The summed E-state index contributed by atoms with van der Waals surface area (Å²) in [5.74, 6) is 0. The molecule has 70 valence electrons. The molecule has 1 fully saturated rings. The maximum absolute atomic E-state index is 5.60. The van der Waals surface area contributed by atoms with Crippen molar-refractivity contribution in [2.75, 3.05) is 18.1 Å². The molecule has 1 heterocycles. The highest BCUT2D eigenvalue weighted by Gasteiger charge is 2.23. The van der Waals surface area contributed by atoms with Crippen molar-refractivity contribution in [3.63, 3.8) is 0 Å². The average molecular weight is 177 g/mol. The monoisotopic (exact) mass is 177 g/mol. The minimum absolute atomic E-state index is 0.280. The molecule has 0 aromatic heterocycles. The second kappa shape index (κ2) is 3.79. The van der Waals surface area contributed by atoms with Crippen LogP contribution < -0.4 is 4.90 Å². The molecule has 0 saturated carbocycles. The Morgan fingerprint density at radius 3 is 2.85 bits per heavy atom. The molecule has 0 spiro atoms. The van der Waals surface area contributed by atoms with E-state index < -0.39 is 0 Å². The van der Waals surface area contributed by atoms with Gasteiger partial charge in [-0.2, -0.15) is 0 Å². The molecule has 1 saturated heterocycles. The minimum Gasteiger partial charge on any atom is -0.357 e. The Morgan fingerprint density at radius 2 is 2.15 bits per heavy atom. The van der Waals surface area contributed by atoms with Crippen LogP contribution in [0.15, 0.2) is 30.3 Å². The third kappa shape index (κ3) is 1.68. The van der Waals surface area contributed by atoms with Gasteiger partial charge in [0.05, 0.1) is 6.61 Å². The highest BCUT2D eigenvalue weighted by Crippen LogP contribution is 2.22. The number of ether oxygens (including phenoxy) is 1. The Hall–Kier alpha value is -1.02. The normalized spacial score (nSPS) is 22.2. The Kier molecular flexibility index (Phi) is 2.50. The van der Waals surface area contributed by atoms with Crippen LogP contribution >= 0.6 is 0 Å². The topological polar surface area (TPSA) is 12.5 Å². The molecule has 1 aromatic carbocycles. The largest absolute Gasteiger partial charge is 0.357 e. The molecule has 0 unspecified atom stereocenters. The molecule has 0 bridgehead atoms. The van der Waals surface area contributed by atoms with E-state index in [4.69, 9.17) is 4.74 Å². The number of hydrogen-bond donors (Lipinski definition) is 0. The smallest absolute Gasteiger partial charge is 0.130 e. The quantitative estimate of drug-likeness (QED) is 0.687. The molecule has 2 nitrogen and oxygen atoms in total. The predicted octanol–water partition coefficient (Wildman–Crippen LogP) is 2.26. The maximum Gasteiger partial charge on any atom is 0.130 e. The van der Waals surface area contributed by atoms with Crippen molar-refractivity contribution in [1.29, 1.82) is 0 Å². The van der Waals surface area contributed by atoms with Gasteiger partial charge in [-0.25, -0.2) is 0 Å². The molecular formula is C11H15NO. The Bertz CT molecular complexity index is 260. The van der Waals surface area contributed by atoms with Gasteiger partial charge in [-0.15, -0.1) is 0 Å². The van der Waals surface area contributed by atoms with Crippen LogP contribution in [0, 0.1) is 0 Å². The van der Waals surface area contributed by atoms with Crippen molar-refractivity contribution in [2.45, 2.75) is 19.6 Å². The second-order valence-electron chi connectivity index (χ2n) is 3.26. The van der Waals surface area contributed by atoms with Crippen molar-refractivity contribution < 1.29 is 4.74 Å². The SMILES string of the molecule is CC[C@@H]1OCCN1c1ccccc1. The van der Waals surface area contributed by atoms with Crippen LogP contribution in [0.1, 0.15) is 13.3 Å². The van der Waals surface area contributed by atoms with Crippen LogP contribution in [0.25, 0.3) is 0 Å². The number of hydrogen-bond acceptors (Lipinski definition) is 2. The maximum atomic E-state index is 5.60. The predicted molar refractivity (Wildman–Crippen MR) is 53.8 cm³/mol. The lowest BCUT2D eigenvalue weighted by atomic mass is 10.2. The lowest BCUT2D eigenvalue weighted by molar-refractivity contribution is 0.110. The van der Waals surface area contributed by atoms with Gasteiger partial charge in [0, 0.05) is 12.2 Å². The van der Waals surface area contributed by atoms with E-state index in [0.717, 1.165) is 19.6 Å². The van der Waals surface area contributed by atoms with Crippen LogP contribution in [0.4, 0.5) is 5.69 Å². The summed E-state index contributed by atoms with van der Waals surface area (Å²) in [6.07, 6.45) is 1.33. The van der Waals surface area contributed by atoms with Crippen molar-refractivity contribution in [3.8, 4) is 0 Å². The molecule has 2 rings (SSSR count). The fraction of sp³-hybridized carbons (Fsp3) is 0.455. The van der Waals surface area contributed by atoms with E-state index in [9.17, 15) is 0 Å². The van der Waals surface area contributed by atoms with Gasteiger partial charge in [-0.05, 0) is 18.6 Å². The first-order valence-corrected chi connectivity index (χ1v) is 4.85. The first kappa shape index (κ1) is 8.57. The molecule has 1 atom stereocenters. The molecule has 1 aliphatic rings. The molecule has 1 aliphatic heterocycles. The van der Waals surface area contributed by atoms with Gasteiger partial charge in [0.2, 0.25) is 0 Å². The van der Waals surface area contributed by atoms with Crippen molar-refractivity contribution in [1.82, 2.24) is 0 Å². The van der Waals surface area contributed by atoms with E-state index in [1.54, 1.807) is 0 Å². The highest BCUT2D eigenvalue weighted by atomic mass is 16.5. The van der Waals surface area contributed by atoms with Crippen LogP contribution in [0.2, 0.25) is 0 Å². The molecule has 2 heteroatoms. The number of rotatable bonds is 2. The fourth-order valence-electron chi connectivity index (χ4n) is 1.77. The van der Waals surface area contributed by atoms with Crippen molar-refractivity contribution >= 4 is 5.69 Å². The number of nitrogens with zero attached hydrogens (tertiary/aromatic N) is 1. The average Bonchev–Trinajstić information content (AvgIpc) is 2.67. The van der Waals surface area contributed by atoms with Gasteiger partial charge < -0.3 is 9.64 Å². The minimum atomic E-state index is 0.280. The summed E-state index contributed by atoms with van der Waals surface area (Å²) in [6.45, 7) is 4.03. The molecular weight excluding hydrogens is 162 g/mol. The summed E-state index contributed by atoms with van der Waals surface area (Å²) in [5, 5.41) is 0. The van der Waals surface area contributed by atoms with E-state index in [-0.39, 0.29) is 6.23 Å². The summed E-state index contributed by atoms with van der Waals surface area (Å²) in [4.78, 5) is 2.32. The Morgan fingerprint density at radius 1 is 1.38 bits per heavy atom. The van der Waals surface area contributed by atoms with Crippen LogP contribution in [0.5, 0.6) is 0 Å². The third-order valence-corrected chi connectivity index (χ3v) is 2.43. The molecule has 0 aliphatic carbocycles. The molecule has 0 amide bonds. The van der Waals surface area contributed by atoms with E-state index in [0.29, 0.717) is 0 Å². The molecule has 0 N–H and O–H groups in total. The summed E-state index contributed by atoms with van der Waals surface area (Å²) in [6, 6.07) is 10.5. The van der Waals surface area contributed by atoms with Crippen LogP contribution in [-0.2, 0) is 4.74 Å². The number of benzene rings is 1. The first-order valence-electron chi connectivity index (χ1n) is 4.85. The standard InChI is InChI=1S/C11H15NO/c1-2-11-12(8-9-13-11)10-6-4-3-5-7-10/h3-7,11H,2,8-9H2,1H3/t11-/m0/s1. The zero-order valence-corrected chi connectivity index (χ0v) is 7.94. The van der Waals surface area contributed by atoms with Crippen molar-refractivity contribution in [2.24, 2.45) is 0 Å². The zero-order chi connectivity index (χ0) is 9.10. The Labute approximate surface area is 79.1 Å². The summed E-state index contributed by atoms with van der Waals surface area (Å²) in [5.41, 5.74) is 1.27. The zero-order valence-electron chi connectivity index (χ0n) is 7.94. The van der Waals surface area contributed by atoms with Gasteiger partial charge >= 0.3 is 0 Å². The van der Waals surface area contributed by atoms with Crippen LogP contribution in [0.3, 0.4) is 0 Å².